The Balaban J connectivity index is 2.20. The Bertz CT molecular complexity index is 592. The van der Waals surface area contributed by atoms with Crippen LogP contribution in [0.15, 0.2) is 23.6 Å². The molecule has 1 aromatic heterocycles. The summed E-state index contributed by atoms with van der Waals surface area (Å²) in [5.41, 5.74) is 2.38. The van der Waals surface area contributed by atoms with Gasteiger partial charge in [-0.3, -0.25) is 0 Å². The average molecular weight is 277 g/mol. The molecular weight excluding hydrogens is 262 g/mol. The highest BCUT2D eigenvalue weighted by Crippen LogP contribution is 2.23. The molecule has 0 fully saturated rings. The Kier molecular flexibility index (Phi) is 4.16. The van der Waals surface area contributed by atoms with Gasteiger partial charge in [0, 0.05) is 11.8 Å². The van der Waals surface area contributed by atoms with Gasteiger partial charge in [-0.25, -0.2) is 9.78 Å². The van der Waals surface area contributed by atoms with Crippen LogP contribution in [0, 0.1) is 0 Å². The molecule has 4 nitrogen and oxygen atoms in total. The number of hydrogen-bond acceptors (Lipinski definition) is 4. The van der Waals surface area contributed by atoms with E-state index in [9.17, 15) is 4.79 Å². The normalized spacial score (nSPS) is 10.4. The third-order valence-corrected chi connectivity index (χ3v) is 3.70. The minimum Gasteiger partial charge on any atom is -0.496 e. The molecule has 100 valence electrons. The van der Waals surface area contributed by atoms with Crippen molar-refractivity contribution in [1.29, 1.82) is 0 Å². The van der Waals surface area contributed by atoms with E-state index in [1.165, 1.54) is 11.3 Å². The molecule has 0 aliphatic heterocycles. The molecule has 1 N–H and O–H groups in total. The van der Waals surface area contributed by atoms with E-state index >= 15 is 0 Å². The average Bonchev–Trinajstić information content (AvgIpc) is 2.87. The largest absolute Gasteiger partial charge is 0.496 e. The van der Waals surface area contributed by atoms with E-state index in [1.807, 2.05) is 12.1 Å². The monoisotopic (exact) mass is 277 g/mol. The molecule has 2 rings (SSSR count). The molecule has 0 spiro atoms. The van der Waals surface area contributed by atoms with Crippen LogP contribution in [0.25, 0.3) is 0 Å². The molecule has 19 heavy (non-hydrogen) atoms. The van der Waals surface area contributed by atoms with E-state index in [0.29, 0.717) is 6.42 Å². The molecule has 0 aliphatic rings. The Labute approximate surface area is 115 Å². The number of methoxy groups -OCH3 is 1. The van der Waals surface area contributed by atoms with Gasteiger partial charge in [0.05, 0.1) is 12.1 Å². The summed E-state index contributed by atoms with van der Waals surface area (Å²) in [4.78, 5) is 14.9. The zero-order valence-electron chi connectivity index (χ0n) is 10.8. The lowest BCUT2D eigenvalue weighted by Gasteiger charge is -2.08. The summed E-state index contributed by atoms with van der Waals surface area (Å²) in [7, 11) is 1.66. The highest BCUT2D eigenvalue weighted by atomic mass is 32.1. The van der Waals surface area contributed by atoms with Crippen molar-refractivity contribution in [2.45, 2.75) is 19.8 Å². The Morgan fingerprint density at radius 1 is 1.47 bits per heavy atom. The molecule has 0 bridgehead atoms. The third kappa shape index (κ3) is 3.12. The zero-order valence-corrected chi connectivity index (χ0v) is 11.7. The number of rotatable bonds is 5. The quantitative estimate of drug-likeness (QED) is 0.912. The van der Waals surface area contributed by atoms with Gasteiger partial charge in [0.2, 0.25) is 0 Å². The third-order valence-electron chi connectivity index (χ3n) is 2.85. The predicted molar refractivity (Wildman–Crippen MR) is 74.3 cm³/mol. The fourth-order valence-electron chi connectivity index (χ4n) is 1.88. The molecule has 0 atom stereocenters. The number of carboxylic acid groups (broad SMARTS) is 1. The van der Waals surface area contributed by atoms with Gasteiger partial charge >= 0.3 is 5.97 Å². The lowest BCUT2D eigenvalue weighted by molar-refractivity contribution is 0.0691. The Hall–Kier alpha value is -1.88. The number of aromatic nitrogens is 1. The van der Waals surface area contributed by atoms with E-state index < -0.39 is 5.97 Å². The van der Waals surface area contributed by atoms with Crippen molar-refractivity contribution in [1.82, 2.24) is 4.98 Å². The highest BCUT2D eigenvalue weighted by molar-refractivity contribution is 7.09. The van der Waals surface area contributed by atoms with Crippen LogP contribution in [0.1, 0.15) is 33.5 Å². The van der Waals surface area contributed by atoms with Gasteiger partial charge in [-0.05, 0) is 23.6 Å². The second-order valence-corrected chi connectivity index (χ2v) is 5.05. The maximum atomic E-state index is 10.8. The molecule has 1 heterocycles. The molecule has 0 amide bonds. The van der Waals surface area contributed by atoms with Crippen LogP contribution in [-0.2, 0) is 12.8 Å². The summed E-state index contributed by atoms with van der Waals surface area (Å²) in [6.07, 6.45) is 1.55. The van der Waals surface area contributed by atoms with Crippen LogP contribution in [0.3, 0.4) is 0 Å². The van der Waals surface area contributed by atoms with Gasteiger partial charge in [-0.2, -0.15) is 0 Å². The van der Waals surface area contributed by atoms with Crippen LogP contribution in [0.2, 0.25) is 0 Å². The molecule has 5 heteroatoms. The van der Waals surface area contributed by atoms with Crippen molar-refractivity contribution in [3.8, 4) is 5.75 Å². The number of benzene rings is 1. The number of aryl methyl sites for hydroxylation is 1. The van der Waals surface area contributed by atoms with Crippen molar-refractivity contribution < 1.29 is 14.6 Å². The molecule has 0 aliphatic carbocycles. The number of nitrogens with zero attached hydrogens (tertiary/aromatic N) is 1. The van der Waals surface area contributed by atoms with E-state index in [2.05, 4.69) is 18.0 Å². The Morgan fingerprint density at radius 3 is 2.84 bits per heavy atom. The van der Waals surface area contributed by atoms with Crippen molar-refractivity contribution in [3.63, 3.8) is 0 Å². The van der Waals surface area contributed by atoms with Gasteiger partial charge < -0.3 is 9.84 Å². The minimum atomic E-state index is -0.980. The van der Waals surface area contributed by atoms with E-state index in [-0.39, 0.29) is 5.69 Å². The summed E-state index contributed by atoms with van der Waals surface area (Å²) >= 11 is 1.37. The van der Waals surface area contributed by atoms with Gasteiger partial charge in [0.25, 0.3) is 0 Å². The van der Waals surface area contributed by atoms with Crippen molar-refractivity contribution >= 4 is 17.3 Å². The fraction of sp³-hybridized carbons (Fsp3) is 0.286. The summed E-state index contributed by atoms with van der Waals surface area (Å²) in [6, 6.07) is 6.01. The smallest absolute Gasteiger partial charge is 0.355 e. The van der Waals surface area contributed by atoms with Gasteiger partial charge in [0.1, 0.15) is 5.75 Å². The first-order valence-corrected chi connectivity index (χ1v) is 6.85. The first-order valence-electron chi connectivity index (χ1n) is 5.97. The van der Waals surface area contributed by atoms with E-state index in [1.54, 1.807) is 12.5 Å². The zero-order chi connectivity index (χ0) is 13.8. The fourth-order valence-corrected chi connectivity index (χ4v) is 2.69. The molecule has 0 unspecified atom stereocenters. The molecule has 0 saturated heterocycles. The number of carbonyl (C=O) groups is 1. The summed E-state index contributed by atoms with van der Waals surface area (Å²) < 4.78 is 5.29. The van der Waals surface area contributed by atoms with E-state index in [4.69, 9.17) is 9.84 Å². The number of hydrogen-bond donors (Lipinski definition) is 1. The molecule has 1 aromatic carbocycles. The second kappa shape index (κ2) is 5.84. The van der Waals surface area contributed by atoms with Crippen LogP contribution in [0.5, 0.6) is 5.75 Å². The van der Waals surface area contributed by atoms with Crippen LogP contribution in [-0.4, -0.2) is 23.2 Å². The van der Waals surface area contributed by atoms with Gasteiger partial charge in [-0.15, -0.1) is 11.3 Å². The van der Waals surface area contributed by atoms with E-state index in [0.717, 1.165) is 28.3 Å². The number of ether oxygens (including phenoxy) is 1. The highest BCUT2D eigenvalue weighted by Gasteiger charge is 2.10. The van der Waals surface area contributed by atoms with Crippen molar-refractivity contribution in [2.24, 2.45) is 0 Å². The minimum absolute atomic E-state index is 0.115. The number of aromatic carboxylic acids is 1. The SMILES string of the molecule is CCc1cc(Cc2nc(C(=O)O)cs2)ccc1OC. The summed E-state index contributed by atoms with van der Waals surface area (Å²) in [5.74, 6) is -0.0944. The van der Waals surface area contributed by atoms with Crippen molar-refractivity contribution in [2.75, 3.05) is 7.11 Å². The summed E-state index contributed by atoms with van der Waals surface area (Å²) in [6.45, 7) is 2.08. The molecular formula is C14H15NO3S. The second-order valence-electron chi connectivity index (χ2n) is 4.11. The first-order chi connectivity index (χ1) is 9.13. The molecule has 2 aromatic rings. The lowest BCUT2D eigenvalue weighted by atomic mass is 10.1. The first kappa shape index (κ1) is 13.5. The van der Waals surface area contributed by atoms with Crippen LogP contribution >= 0.6 is 11.3 Å². The number of thiazole rings is 1. The Morgan fingerprint density at radius 2 is 2.26 bits per heavy atom. The topological polar surface area (TPSA) is 59.4 Å². The maximum Gasteiger partial charge on any atom is 0.355 e. The number of carboxylic acids is 1. The molecule has 0 saturated carbocycles. The lowest BCUT2D eigenvalue weighted by Crippen LogP contribution is -1.98. The molecule has 0 radical (unpaired) electrons. The summed E-state index contributed by atoms with van der Waals surface area (Å²) in [5, 5.41) is 11.2. The van der Waals surface area contributed by atoms with Crippen LogP contribution in [0.4, 0.5) is 0 Å². The van der Waals surface area contributed by atoms with Gasteiger partial charge in [-0.1, -0.05) is 19.1 Å². The van der Waals surface area contributed by atoms with Gasteiger partial charge in [0.15, 0.2) is 5.69 Å². The predicted octanol–water partition coefficient (Wildman–Crippen LogP) is 3.00. The van der Waals surface area contributed by atoms with Crippen LogP contribution < -0.4 is 4.74 Å². The maximum absolute atomic E-state index is 10.8. The standard InChI is InChI=1S/C14H15NO3S/c1-3-10-6-9(4-5-12(10)18-2)7-13-15-11(8-19-13)14(16)17/h4-6,8H,3,7H2,1-2H3,(H,16,17). The van der Waals surface area contributed by atoms with Crippen molar-refractivity contribution in [3.05, 3.63) is 45.4 Å².